The highest BCUT2D eigenvalue weighted by atomic mass is 32.1. The molecule has 5 heteroatoms. The normalized spacial score (nSPS) is 13.7. The smallest absolute Gasteiger partial charge is 0.274 e. The summed E-state index contributed by atoms with van der Waals surface area (Å²) in [5.41, 5.74) is 0.442. The van der Waals surface area contributed by atoms with Gasteiger partial charge in [-0.25, -0.2) is 13.8 Å². The Hall–Kier alpha value is -0.550. The molecule has 1 aromatic rings. The Morgan fingerprint density at radius 2 is 2.08 bits per heavy atom. The molecule has 1 N–H and O–H groups in total. The summed E-state index contributed by atoms with van der Waals surface area (Å²) in [5.74, 6) is 0. The largest absolute Gasteiger partial charge is 0.311 e. The quantitative estimate of drug-likeness (QED) is 0.822. The molecule has 2 nitrogen and oxygen atoms in total. The van der Waals surface area contributed by atoms with E-state index in [-0.39, 0.29) is 10.9 Å². The third kappa shape index (κ3) is 2.22. The standard InChI is InChI=1S/C8H12F2N2S/c1-4-6(7(9)10)13-8(12-4)5(2)11-3/h5,7,11H,1-3H3. The number of hydrogen-bond donors (Lipinski definition) is 1. The predicted octanol–water partition coefficient (Wildman–Crippen LogP) is 2.67. The number of nitrogens with zero attached hydrogens (tertiary/aromatic N) is 1. The van der Waals surface area contributed by atoms with Crippen LogP contribution in [0.2, 0.25) is 0 Å². The monoisotopic (exact) mass is 206 g/mol. The predicted molar refractivity (Wildman–Crippen MR) is 49.3 cm³/mol. The number of rotatable bonds is 3. The van der Waals surface area contributed by atoms with Crippen molar-refractivity contribution in [3.05, 3.63) is 15.6 Å². The van der Waals surface area contributed by atoms with Crippen molar-refractivity contribution < 1.29 is 8.78 Å². The summed E-state index contributed by atoms with van der Waals surface area (Å²) in [5, 5.41) is 3.68. The van der Waals surface area contributed by atoms with Crippen LogP contribution in [0, 0.1) is 6.92 Å². The molecule has 0 fully saturated rings. The van der Waals surface area contributed by atoms with Crippen molar-refractivity contribution in [1.82, 2.24) is 10.3 Å². The molecule has 1 aromatic heterocycles. The van der Waals surface area contributed by atoms with Gasteiger partial charge >= 0.3 is 0 Å². The zero-order valence-corrected chi connectivity index (χ0v) is 8.58. The van der Waals surface area contributed by atoms with Gasteiger partial charge in [0.25, 0.3) is 6.43 Å². The van der Waals surface area contributed by atoms with E-state index in [2.05, 4.69) is 10.3 Å². The minimum absolute atomic E-state index is 0.0381. The van der Waals surface area contributed by atoms with E-state index in [1.54, 1.807) is 14.0 Å². The molecule has 13 heavy (non-hydrogen) atoms. The lowest BCUT2D eigenvalue weighted by Gasteiger charge is -2.03. The summed E-state index contributed by atoms with van der Waals surface area (Å²) in [6, 6.07) is 0.0381. The van der Waals surface area contributed by atoms with Gasteiger partial charge in [0, 0.05) is 0 Å². The minimum Gasteiger partial charge on any atom is -0.311 e. The topological polar surface area (TPSA) is 24.9 Å². The maximum absolute atomic E-state index is 12.4. The van der Waals surface area contributed by atoms with Crippen molar-refractivity contribution >= 4 is 11.3 Å². The molecule has 0 aliphatic rings. The fraction of sp³-hybridized carbons (Fsp3) is 0.625. The summed E-state index contributed by atoms with van der Waals surface area (Å²) < 4.78 is 24.7. The van der Waals surface area contributed by atoms with Crippen molar-refractivity contribution in [2.45, 2.75) is 26.3 Å². The minimum atomic E-state index is -2.41. The molecule has 0 aromatic carbocycles. The van der Waals surface area contributed by atoms with E-state index in [0.29, 0.717) is 5.69 Å². The zero-order chi connectivity index (χ0) is 10.0. The maximum atomic E-state index is 12.4. The van der Waals surface area contributed by atoms with Gasteiger partial charge in [-0.2, -0.15) is 0 Å². The molecule has 1 rings (SSSR count). The molecule has 74 valence electrons. The van der Waals surface area contributed by atoms with Gasteiger partial charge in [0.15, 0.2) is 0 Å². The van der Waals surface area contributed by atoms with Crippen molar-refractivity contribution in [3.8, 4) is 0 Å². The SMILES string of the molecule is CNC(C)c1nc(C)c(C(F)F)s1. The van der Waals surface area contributed by atoms with Crippen molar-refractivity contribution in [3.63, 3.8) is 0 Å². The molecular formula is C8H12F2N2S. The molecule has 0 radical (unpaired) electrons. The summed E-state index contributed by atoms with van der Waals surface area (Å²) in [4.78, 5) is 4.16. The van der Waals surface area contributed by atoms with Crippen molar-refractivity contribution in [2.24, 2.45) is 0 Å². The van der Waals surface area contributed by atoms with Crippen LogP contribution in [0.5, 0.6) is 0 Å². The highest BCUT2D eigenvalue weighted by Gasteiger charge is 2.18. The molecule has 0 saturated heterocycles. The molecule has 1 atom stereocenters. The van der Waals surface area contributed by atoms with Gasteiger partial charge in [-0.05, 0) is 20.9 Å². The highest BCUT2D eigenvalue weighted by Crippen LogP contribution is 2.31. The number of aryl methyl sites for hydroxylation is 1. The fourth-order valence-corrected chi connectivity index (χ4v) is 1.93. The summed E-state index contributed by atoms with van der Waals surface area (Å²) in [6.45, 7) is 3.51. The summed E-state index contributed by atoms with van der Waals surface area (Å²) in [7, 11) is 1.78. The van der Waals surface area contributed by atoms with Gasteiger partial charge in [-0.1, -0.05) is 0 Å². The van der Waals surface area contributed by atoms with Crippen LogP contribution in [0.15, 0.2) is 0 Å². The first-order chi connectivity index (χ1) is 6.06. The number of aromatic nitrogens is 1. The number of hydrogen-bond acceptors (Lipinski definition) is 3. The molecule has 0 bridgehead atoms. The van der Waals surface area contributed by atoms with E-state index in [0.717, 1.165) is 16.3 Å². The Labute approximate surface area is 80.0 Å². The van der Waals surface area contributed by atoms with Crippen molar-refractivity contribution in [2.75, 3.05) is 7.05 Å². The van der Waals surface area contributed by atoms with E-state index in [4.69, 9.17) is 0 Å². The average Bonchev–Trinajstić information content (AvgIpc) is 2.46. The Bertz CT molecular complexity index is 286. The van der Waals surface area contributed by atoms with Crippen LogP contribution in [0.3, 0.4) is 0 Å². The van der Waals surface area contributed by atoms with Crippen LogP contribution in [0.1, 0.15) is 35.0 Å². The van der Waals surface area contributed by atoms with Gasteiger partial charge in [0.1, 0.15) is 5.01 Å². The maximum Gasteiger partial charge on any atom is 0.274 e. The lowest BCUT2D eigenvalue weighted by Crippen LogP contribution is -2.11. The Morgan fingerprint density at radius 3 is 2.46 bits per heavy atom. The van der Waals surface area contributed by atoms with Crippen molar-refractivity contribution in [1.29, 1.82) is 0 Å². The second-order valence-electron chi connectivity index (χ2n) is 2.81. The molecule has 0 aliphatic heterocycles. The first-order valence-electron chi connectivity index (χ1n) is 3.99. The molecule has 0 amide bonds. The van der Waals surface area contributed by atoms with E-state index >= 15 is 0 Å². The number of nitrogens with one attached hydrogen (secondary N) is 1. The summed E-state index contributed by atoms with van der Waals surface area (Å²) in [6.07, 6.45) is -2.41. The van der Waals surface area contributed by atoms with Gasteiger partial charge in [0.2, 0.25) is 0 Å². The van der Waals surface area contributed by atoms with E-state index in [9.17, 15) is 8.78 Å². The van der Waals surface area contributed by atoms with Crippen LogP contribution in [-0.2, 0) is 0 Å². The lowest BCUT2D eigenvalue weighted by molar-refractivity contribution is 0.154. The Morgan fingerprint density at radius 1 is 1.46 bits per heavy atom. The first-order valence-corrected chi connectivity index (χ1v) is 4.80. The highest BCUT2D eigenvalue weighted by molar-refractivity contribution is 7.11. The Balaban J connectivity index is 2.95. The average molecular weight is 206 g/mol. The second-order valence-corrected chi connectivity index (χ2v) is 3.88. The van der Waals surface area contributed by atoms with Gasteiger partial charge in [0.05, 0.1) is 16.6 Å². The molecular weight excluding hydrogens is 194 g/mol. The Kier molecular flexibility index (Phi) is 3.33. The van der Waals surface area contributed by atoms with Crippen LogP contribution < -0.4 is 5.32 Å². The van der Waals surface area contributed by atoms with E-state index in [1.807, 2.05) is 6.92 Å². The second kappa shape index (κ2) is 4.11. The summed E-state index contributed by atoms with van der Waals surface area (Å²) >= 11 is 1.08. The van der Waals surface area contributed by atoms with Crippen LogP contribution in [0.25, 0.3) is 0 Å². The number of alkyl halides is 2. The van der Waals surface area contributed by atoms with Crippen LogP contribution in [-0.4, -0.2) is 12.0 Å². The van der Waals surface area contributed by atoms with Gasteiger partial charge < -0.3 is 5.32 Å². The van der Waals surface area contributed by atoms with Gasteiger partial charge in [-0.15, -0.1) is 11.3 Å². The number of thiazole rings is 1. The fourth-order valence-electron chi connectivity index (χ4n) is 0.941. The third-order valence-electron chi connectivity index (χ3n) is 1.85. The molecule has 1 unspecified atom stereocenters. The molecule has 1 heterocycles. The molecule has 0 saturated carbocycles. The number of halogens is 2. The van der Waals surface area contributed by atoms with E-state index < -0.39 is 6.43 Å². The molecule has 0 aliphatic carbocycles. The lowest BCUT2D eigenvalue weighted by atomic mass is 10.3. The molecule has 0 spiro atoms. The third-order valence-corrected chi connectivity index (χ3v) is 3.20. The zero-order valence-electron chi connectivity index (χ0n) is 7.77. The first kappa shape index (κ1) is 10.5. The van der Waals surface area contributed by atoms with Gasteiger partial charge in [-0.3, -0.25) is 0 Å². The van der Waals surface area contributed by atoms with Crippen LogP contribution >= 0.6 is 11.3 Å². The van der Waals surface area contributed by atoms with E-state index in [1.165, 1.54) is 0 Å². The van der Waals surface area contributed by atoms with Crippen LogP contribution in [0.4, 0.5) is 8.78 Å².